The fourth-order valence-corrected chi connectivity index (χ4v) is 6.21. The molecule has 1 aromatic heterocycles. The maximum absolute atomic E-state index is 14.7. The molecule has 7 nitrogen and oxygen atoms in total. The van der Waals surface area contributed by atoms with Crippen molar-refractivity contribution in [2.45, 2.75) is 69.2 Å². The van der Waals surface area contributed by atoms with E-state index in [4.69, 9.17) is 46.1 Å². The molecule has 1 saturated carbocycles. The minimum absolute atomic E-state index is 0.0367. The van der Waals surface area contributed by atoms with Gasteiger partial charge in [0, 0.05) is 34.8 Å². The Labute approximate surface area is 226 Å². The van der Waals surface area contributed by atoms with Gasteiger partial charge in [-0.1, -0.05) is 39.6 Å². The van der Waals surface area contributed by atoms with Gasteiger partial charge in [-0.25, -0.2) is 4.39 Å². The first-order valence-electron chi connectivity index (χ1n) is 13.4. The minimum Gasteiger partial charge on any atom is -0.409 e. The van der Waals surface area contributed by atoms with Crippen molar-refractivity contribution >= 4 is 34.7 Å². The molecule has 2 aliphatic heterocycles. The van der Waals surface area contributed by atoms with Crippen LogP contribution in [0.15, 0.2) is 46.1 Å². The summed E-state index contributed by atoms with van der Waals surface area (Å²) in [5, 5.41) is 16.7. The molecule has 0 spiro atoms. The summed E-state index contributed by atoms with van der Waals surface area (Å²) >= 11 is 12.9. The topological polar surface area (TPSA) is 97.1 Å². The average molecular weight is 547 g/mol. The van der Waals surface area contributed by atoms with Crippen LogP contribution >= 0.6 is 23.2 Å². The van der Waals surface area contributed by atoms with E-state index in [1.165, 1.54) is 12.1 Å². The molecule has 3 atom stereocenters. The first-order valence-corrected chi connectivity index (χ1v) is 13.1. The number of benzene rings is 2. The van der Waals surface area contributed by atoms with Gasteiger partial charge in [0.2, 0.25) is 0 Å². The predicted molar refractivity (Wildman–Crippen MR) is 140 cm³/mol. The SMILES string of the molecule is [2H]C([2H])(OC1C[C@H]2CC[C@@H](C1)N2c1ccc(/C(N)=N/O)c(F)c1)c1c(-c2c(Cl)cccc2Cl)noc1C1CC1. The van der Waals surface area contributed by atoms with Crippen LogP contribution in [0.25, 0.3) is 11.3 Å². The highest BCUT2D eigenvalue weighted by atomic mass is 35.5. The van der Waals surface area contributed by atoms with E-state index in [9.17, 15) is 4.39 Å². The van der Waals surface area contributed by atoms with Crippen molar-refractivity contribution in [1.82, 2.24) is 5.16 Å². The normalized spacial score (nSPS) is 24.8. The summed E-state index contributed by atoms with van der Waals surface area (Å²) in [4.78, 5) is 2.18. The van der Waals surface area contributed by atoms with Gasteiger partial charge in [-0.2, -0.15) is 0 Å². The first kappa shape index (κ1) is 22.2. The molecule has 0 radical (unpaired) electrons. The van der Waals surface area contributed by atoms with Gasteiger partial charge in [0.1, 0.15) is 17.3 Å². The lowest BCUT2D eigenvalue weighted by Gasteiger charge is -2.40. The Morgan fingerprint density at radius 2 is 1.89 bits per heavy atom. The summed E-state index contributed by atoms with van der Waals surface area (Å²) in [6.45, 7) is -2.20. The zero-order chi connectivity index (χ0) is 27.5. The van der Waals surface area contributed by atoms with Gasteiger partial charge in [-0.15, -0.1) is 0 Å². The second-order valence-corrected chi connectivity index (χ2v) is 10.7. The fourth-order valence-electron chi connectivity index (χ4n) is 5.63. The molecule has 194 valence electrons. The Morgan fingerprint density at radius 1 is 1.19 bits per heavy atom. The van der Waals surface area contributed by atoms with Crippen LogP contribution < -0.4 is 10.6 Å². The lowest BCUT2D eigenvalue weighted by molar-refractivity contribution is 0.0147. The van der Waals surface area contributed by atoms with E-state index >= 15 is 0 Å². The first-order chi connectivity index (χ1) is 18.7. The van der Waals surface area contributed by atoms with Gasteiger partial charge in [0.15, 0.2) is 5.84 Å². The zero-order valence-corrected chi connectivity index (χ0v) is 21.3. The number of anilines is 1. The maximum atomic E-state index is 14.7. The summed E-state index contributed by atoms with van der Waals surface area (Å²) < 4.78 is 44.7. The molecule has 3 aromatic rings. The van der Waals surface area contributed by atoms with E-state index in [1.807, 2.05) is 0 Å². The second-order valence-electron chi connectivity index (χ2n) is 9.90. The summed E-state index contributed by atoms with van der Waals surface area (Å²) in [6.07, 6.45) is 4.34. The lowest BCUT2D eigenvalue weighted by Crippen LogP contribution is -2.45. The number of oxime groups is 1. The molecule has 6 rings (SSSR count). The van der Waals surface area contributed by atoms with Crippen LogP contribution in [-0.4, -0.2) is 34.4 Å². The van der Waals surface area contributed by atoms with Crippen molar-refractivity contribution in [2.75, 3.05) is 4.90 Å². The zero-order valence-electron chi connectivity index (χ0n) is 21.8. The van der Waals surface area contributed by atoms with E-state index in [0.717, 1.165) is 25.7 Å². The molecular weight excluding hydrogens is 518 g/mol. The van der Waals surface area contributed by atoms with Crippen molar-refractivity contribution < 1.29 is 21.6 Å². The smallest absolute Gasteiger partial charge is 0.173 e. The van der Waals surface area contributed by atoms with Crippen molar-refractivity contribution in [1.29, 1.82) is 0 Å². The van der Waals surface area contributed by atoms with Crippen LogP contribution in [0.1, 0.15) is 64.1 Å². The predicted octanol–water partition coefficient (Wildman–Crippen LogP) is 6.48. The van der Waals surface area contributed by atoms with Crippen molar-refractivity contribution in [3.63, 3.8) is 0 Å². The minimum atomic E-state index is -2.20. The highest BCUT2D eigenvalue weighted by Crippen LogP contribution is 2.47. The van der Waals surface area contributed by atoms with Crippen molar-refractivity contribution in [3.8, 4) is 11.3 Å². The van der Waals surface area contributed by atoms with E-state index < -0.39 is 12.4 Å². The Kier molecular flexibility index (Phi) is 5.89. The number of halogens is 3. The van der Waals surface area contributed by atoms with Crippen molar-refractivity contribution in [2.24, 2.45) is 10.9 Å². The molecule has 3 aliphatic rings. The van der Waals surface area contributed by atoms with Gasteiger partial charge in [0.25, 0.3) is 0 Å². The second kappa shape index (κ2) is 9.82. The standard InChI is InChI=1S/C27H27Cl2FN4O3/c28-21-2-1-3-22(29)24(21)25-20(26(37-33-25)14-4-5-14)13-36-18-10-15-6-7-16(11-18)34(15)17-8-9-19(23(30)12-17)27(31)32-35/h1-3,8-9,12,14-16,18,35H,4-7,10-11,13H2,(H2,31,32)/t15-,16+,18?/i13D2. The molecule has 1 unspecified atom stereocenters. The number of nitrogens with zero attached hydrogens (tertiary/aromatic N) is 3. The van der Waals surface area contributed by atoms with Crippen LogP contribution in [0, 0.1) is 5.82 Å². The third kappa shape index (κ3) is 4.56. The molecule has 37 heavy (non-hydrogen) atoms. The van der Waals surface area contributed by atoms with Gasteiger partial charge in [0.05, 0.1) is 31.0 Å². The van der Waals surface area contributed by atoms with Crippen LogP contribution in [0.5, 0.6) is 0 Å². The van der Waals surface area contributed by atoms with Gasteiger partial charge >= 0.3 is 0 Å². The Bertz CT molecular complexity index is 1410. The number of nitrogens with two attached hydrogens (primary N) is 1. The fraction of sp³-hybridized carbons (Fsp3) is 0.407. The molecule has 10 heteroatoms. The van der Waals surface area contributed by atoms with E-state index in [0.29, 0.717) is 39.9 Å². The van der Waals surface area contributed by atoms with Gasteiger partial charge < -0.3 is 25.1 Å². The summed E-state index contributed by atoms with van der Waals surface area (Å²) in [5.74, 6) is -0.287. The van der Waals surface area contributed by atoms with Crippen LogP contribution in [-0.2, 0) is 11.3 Å². The maximum Gasteiger partial charge on any atom is 0.173 e. The van der Waals surface area contributed by atoms with Crippen LogP contribution in [0.3, 0.4) is 0 Å². The monoisotopic (exact) mass is 546 g/mol. The Morgan fingerprint density at radius 3 is 2.51 bits per heavy atom. The lowest BCUT2D eigenvalue weighted by atomic mass is 9.98. The summed E-state index contributed by atoms with van der Waals surface area (Å²) in [6, 6.07) is 9.87. The Balaban J connectivity index is 1.26. The van der Waals surface area contributed by atoms with Crippen molar-refractivity contribution in [3.05, 3.63) is 69.1 Å². The molecule has 2 bridgehead atoms. The van der Waals surface area contributed by atoms with E-state index in [2.05, 4.69) is 15.2 Å². The van der Waals surface area contributed by atoms with Crippen LogP contribution in [0.4, 0.5) is 10.1 Å². The summed E-state index contributed by atoms with van der Waals surface area (Å²) in [7, 11) is 0. The molecule has 3 heterocycles. The highest BCUT2D eigenvalue weighted by Gasteiger charge is 2.42. The Hall–Kier alpha value is -2.81. The molecule has 3 fully saturated rings. The molecule has 0 amide bonds. The number of amidine groups is 1. The van der Waals surface area contributed by atoms with E-state index in [-0.39, 0.29) is 46.8 Å². The third-order valence-corrected chi connectivity index (χ3v) is 8.15. The number of hydrogen-bond donors (Lipinski definition) is 2. The number of aromatic nitrogens is 1. The number of rotatable bonds is 7. The van der Waals surface area contributed by atoms with E-state index in [1.54, 1.807) is 24.3 Å². The molecule has 1 aliphatic carbocycles. The quantitative estimate of drug-likeness (QED) is 0.152. The molecule has 3 N–H and O–H groups in total. The number of hydrogen-bond acceptors (Lipinski definition) is 6. The summed E-state index contributed by atoms with van der Waals surface area (Å²) in [5.41, 5.74) is 7.25. The van der Waals surface area contributed by atoms with Crippen LogP contribution in [0.2, 0.25) is 10.0 Å². The largest absolute Gasteiger partial charge is 0.409 e. The molecule has 2 saturated heterocycles. The molecule has 2 aromatic carbocycles. The highest BCUT2D eigenvalue weighted by molar-refractivity contribution is 6.39. The molecular formula is C27H27Cl2FN4O3. The number of ether oxygens (including phenoxy) is 1. The van der Waals surface area contributed by atoms with Gasteiger partial charge in [-0.3, -0.25) is 0 Å². The van der Waals surface area contributed by atoms with Gasteiger partial charge in [-0.05, 0) is 68.9 Å². The number of fused-ring (bicyclic) bond motifs is 2. The number of piperidine rings is 1. The third-order valence-electron chi connectivity index (χ3n) is 7.52. The average Bonchev–Trinajstić information content (AvgIpc) is 3.58.